The van der Waals surface area contributed by atoms with Crippen molar-refractivity contribution in [3.05, 3.63) is 83.3 Å². The number of hydrogen-bond donors (Lipinski definition) is 2. The van der Waals surface area contributed by atoms with Gasteiger partial charge in [0.05, 0.1) is 35.9 Å². The number of anilines is 3. The monoisotopic (exact) mass is 524 g/mol. The molecule has 12 heteroatoms. The number of benzodiazepines with no additional fused rings is 1. The van der Waals surface area contributed by atoms with Gasteiger partial charge in [0.1, 0.15) is 11.9 Å². The Morgan fingerprint density at radius 1 is 1.10 bits per heavy atom. The number of carbonyl (C=O) groups excluding carboxylic acids is 1. The van der Waals surface area contributed by atoms with E-state index in [0.717, 1.165) is 0 Å². The fraction of sp³-hybridized carbons (Fsp3) is 0.185. The summed E-state index contributed by atoms with van der Waals surface area (Å²) >= 11 is 0. The molecule has 11 nitrogen and oxygen atoms in total. The van der Waals surface area contributed by atoms with Crippen molar-refractivity contribution >= 4 is 29.0 Å². The van der Waals surface area contributed by atoms with Crippen LogP contribution in [0.1, 0.15) is 16.7 Å². The highest BCUT2D eigenvalue weighted by Gasteiger charge is 2.29. The number of aliphatic imine (C=N–C) groups is 1. The van der Waals surface area contributed by atoms with Crippen molar-refractivity contribution in [2.45, 2.75) is 6.17 Å². The first-order chi connectivity index (χ1) is 19.1. The second-order valence-corrected chi connectivity index (χ2v) is 8.76. The molecule has 4 heterocycles. The van der Waals surface area contributed by atoms with Gasteiger partial charge >= 0.3 is 6.01 Å². The zero-order valence-corrected chi connectivity index (χ0v) is 20.5. The Balaban J connectivity index is 1.34. The molecule has 0 spiro atoms. The van der Waals surface area contributed by atoms with E-state index in [1.165, 1.54) is 12.3 Å². The molecule has 2 aromatic heterocycles. The van der Waals surface area contributed by atoms with Crippen LogP contribution in [0.2, 0.25) is 0 Å². The number of aromatic nitrogens is 3. The lowest BCUT2D eigenvalue weighted by molar-refractivity contribution is -0.116. The van der Waals surface area contributed by atoms with Crippen LogP contribution in [0.25, 0.3) is 11.6 Å². The van der Waals surface area contributed by atoms with Crippen molar-refractivity contribution < 1.29 is 18.3 Å². The van der Waals surface area contributed by atoms with Gasteiger partial charge in [0, 0.05) is 30.4 Å². The van der Waals surface area contributed by atoms with Crippen LogP contribution in [0.15, 0.2) is 70.2 Å². The number of morpholine rings is 1. The molecular weight excluding hydrogens is 503 g/mol. The van der Waals surface area contributed by atoms with Gasteiger partial charge in [-0.2, -0.15) is 5.26 Å². The van der Waals surface area contributed by atoms with E-state index in [9.17, 15) is 14.4 Å². The van der Waals surface area contributed by atoms with Crippen LogP contribution < -0.4 is 15.5 Å². The number of halogens is 1. The summed E-state index contributed by atoms with van der Waals surface area (Å²) < 4.78 is 26.0. The Hall–Kier alpha value is -5.15. The molecule has 1 unspecified atom stereocenters. The molecule has 1 atom stereocenters. The van der Waals surface area contributed by atoms with Gasteiger partial charge in [-0.3, -0.25) is 4.79 Å². The van der Waals surface area contributed by atoms with Crippen molar-refractivity contribution in [1.82, 2.24) is 15.2 Å². The Morgan fingerprint density at radius 2 is 1.92 bits per heavy atom. The zero-order chi connectivity index (χ0) is 26.8. The van der Waals surface area contributed by atoms with Crippen molar-refractivity contribution in [3.8, 4) is 17.7 Å². The van der Waals surface area contributed by atoms with Crippen LogP contribution in [0.5, 0.6) is 0 Å². The number of nitrogens with one attached hydrogen (secondary N) is 2. The van der Waals surface area contributed by atoms with Gasteiger partial charge in [0.2, 0.25) is 6.17 Å². The van der Waals surface area contributed by atoms with E-state index in [-0.39, 0.29) is 17.6 Å². The first kappa shape index (κ1) is 24.2. The Morgan fingerprint density at radius 3 is 2.72 bits per heavy atom. The number of pyridine rings is 1. The second kappa shape index (κ2) is 10.3. The summed E-state index contributed by atoms with van der Waals surface area (Å²) in [6.45, 7) is 2.29. The highest BCUT2D eigenvalue weighted by atomic mass is 19.1. The number of nitriles is 1. The molecule has 2 aliphatic rings. The highest BCUT2D eigenvalue weighted by molar-refractivity contribution is 6.19. The van der Waals surface area contributed by atoms with E-state index in [1.54, 1.807) is 18.2 Å². The Bertz CT molecular complexity index is 1610. The lowest BCUT2D eigenvalue weighted by Crippen LogP contribution is -2.36. The molecular formula is C27H21FN8O3. The van der Waals surface area contributed by atoms with E-state index in [4.69, 9.17) is 9.15 Å². The molecule has 6 rings (SSSR count). The SMILES string of the molecule is N#Cc1cnc(-c2nnc(NC3N=C(c4ccccc4)c4cccc(F)c4NC3=O)o2)c(N2CCOCC2)c1. The van der Waals surface area contributed by atoms with Gasteiger partial charge in [-0.1, -0.05) is 47.6 Å². The van der Waals surface area contributed by atoms with Crippen LogP contribution in [-0.2, 0) is 9.53 Å². The minimum Gasteiger partial charge on any atom is -0.402 e. The lowest BCUT2D eigenvalue weighted by atomic mass is 10.0. The van der Waals surface area contributed by atoms with Crippen LogP contribution in [0.4, 0.5) is 21.8 Å². The molecule has 0 saturated carbocycles. The summed E-state index contributed by atoms with van der Waals surface area (Å²) in [4.78, 5) is 24.2. The van der Waals surface area contributed by atoms with Gasteiger partial charge in [-0.05, 0) is 12.1 Å². The maximum Gasteiger partial charge on any atom is 0.317 e. The predicted octanol–water partition coefficient (Wildman–Crippen LogP) is 3.21. The first-order valence-corrected chi connectivity index (χ1v) is 12.2. The molecule has 194 valence electrons. The van der Waals surface area contributed by atoms with Gasteiger partial charge in [-0.15, -0.1) is 5.10 Å². The topological polar surface area (TPSA) is 142 Å². The molecule has 0 radical (unpaired) electrons. The number of nitrogens with zero attached hydrogens (tertiary/aromatic N) is 6. The molecule has 2 aromatic carbocycles. The third-order valence-electron chi connectivity index (χ3n) is 6.31. The molecule has 4 aromatic rings. The second-order valence-electron chi connectivity index (χ2n) is 8.76. The number of hydrogen-bond acceptors (Lipinski definition) is 10. The van der Waals surface area contributed by atoms with E-state index in [2.05, 4.69) is 36.9 Å². The van der Waals surface area contributed by atoms with Crippen molar-refractivity contribution in [3.63, 3.8) is 0 Å². The van der Waals surface area contributed by atoms with E-state index in [0.29, 0.717) is 60.1 Å². The zero-order valence-electron chi connectivity index (χ0n) is 20.5. The van der Waals surface area contributed by atoms with Crippen LogP contribution >= 0.6 is 0 Å². The van der Waals surface area contributed by atoms with Crippen molar-refractivity contribution in [1.29, 1.82) is 5.26 Å². The standard InChI is InChI=1S/C27H21FN8O3/c28-19-8-4-7-18-21(17-5-2-1-3-6-17)31-24(25(37)32-22(18)19)33-27-35-34-26(39-27)23-20(13-16(14-29)15-30-23)36-9-11-38-12-10-36/h1-8,13,15,24H,9-12H2,(H,32,37)(H,33,35). The summed E-state index contributed by atoms with van der Waals surface area (Å²) in [6.07, 6.45) is 0.227. The molecule has 1 fully saturated rings. The van der Waals surface area contributed by atoms with Crippen LogP contribution in [-0.4, -0.2) is 59.3 Å². The quantitative estimate of drug-likeness (QED) is 0.402. The molecule has 0 aliphatic carbocycles. The van der Waals surface area contributed by atoms with Gasteiger partial charge in [0.25, 0.3) is 11.8 Å². The summed E-state index contributed by atoms with van der Waals surface area (Å²) in [5, 5.41) is 23.0. The van der Waals surface area contributed by atoms with E-state index >= 15 is 0 Å². The molecule has 0 bridgehead atoms. The highest BCUT2D eigenvalue weighted by Crippen LogP contribution is 2.31. The smallest absolute Gasteiger partial charge is 0.317 e. The number of rotatable bonds is 5. The number of benzene rings is 2. The molecule has 39 heavy (non-hydrogen) atoms. The van der Waals surface area contributed by atoms with Crippen molar-refractivity contribution in [2.24, 2.45) is 4.99 Å². The van der Waals surface area contributed by atoms with Crippen LogP contribution in [0.3, 0.4) is 0 Å². The molecule has 2 N–H and O–H groups in total. The van der Waals surface area contributed by atoms with Gasteiger partial charge in [-0.25, -0.2) is 14.4 Å². The minimum absolute atomic E-state index is 0.0394. The average Bonchev–Trinajstić information content (AvgIpc) is 3.39. The summed E-state index contributed by atoms with van der Waals surface area (Å²) in [7, 11) is 0. The first-order valence-electron chi connectivity index (χ1n) is 12.2. The average molecular weight is 525 g/mol. The number of fused-ring (bicyclic) bond motifs is 1. The lowest BCUT2D eigenvalue weighted by Gasteiger charge is -2.29. The molecule has 1 amide bonds. The summed E-state index contributed by atoms with van der Waals surface area (Å²) in [6, 6.07) is 17.4. The van der Waals surface area contributed by atoms with E-state index < -0.39 is 17.9 Å². The van der Waals surface area contributed by atoms with Crippen molar-refractivity contribution in [2.75, 3.05) is 41.8 Å². The molecule has 1 saturated heterocycles. The third-order valence-corrected chi connectivity index (χ3v) is 6.31. The normalized spacial score (nSPS) is 16.9. The molecule has 2 aliphatic heterocycles. The third kappa shape index (κ3) is 4.78. The van der Waals surface area contributed by atoms with Crippen LogP contribution in [0, 0.1) is 17.1 Å². The predicted molar refractivity (Wildman–Crippen MR) is 140 cm³/mol. The van der Waals surface area contributed by atoms with E-state index in [1.807, 2.05) is 35.2 Å². The number of ether oxygens (including phenoxy) is 1. The number of amides is 1. The largest absolute Gasteiger partial charge is 0.402 e. The summed E-state index contributed by atoms with van der Waals surface area (Å²) in [5.74, 6) is -1.08. The summed E-state index contributed by atoms with van der Waals surface area (Å²) in [5.41, 5.74) is 3.06. The Labute approximate surface area is 222 Å². The van der Waals surface area contributed by atoms with Gasteiger partial charge < -0.3 is 24.7 Å². The fourth-order valence-corrected chi connectivity index (χ4v) is 4.44. The maximum atomic E-state index is 14.7. The minimum atomic E-state index is -1.20. The fourth-order valence-electron chi connectivity index (χ4n) is 4.44. The number of carbonyl (C=O) groups is 1. The number of para-hydroxylation sites is 1. The maximum absolute atomic E-state index is 14.7. The van der Waals surface area contributed by atoms with Gasteiger partial charge in [0.15, 0.2) is 5.69 Å². The Kier molecular flexibility index (Phi) is 6.40.